The fraction of sp³-hybridized carbons (Fsp3) is 0.240. The van der Waals surface area contributed by atoms with E-state index in [-0.39, 0.29) is 29.3 Å². The molecule has 172 valence electrons. The van der Waals surface area contributed by atoms with Gasteiger partial charge in [0, 0.05) is 18.8 Å². The van der Waals surface area contributed by atoms with Crippen LogP contribution in [0.3, 0.4) is 0 Å². The monoisotopic (exact) mass is 467 g/mol. The van der Waals surface area contributed by atoms with Crippen LogP contribution >= 0.6 is 0 Å². The van der Waals surface area contributed by atoms with E-state index in [0.29, 0.717) is 23.4 Å². The number of nitrogens with one attached hydrogen (secondary N) is 3. The van der Waals surface area contributed by atoms with Gasteiger partial charge in [0.25, 0.3) is 0 Å². The lowest BCUT2D eigenvalue weighted by molar-refractivity contribution is 0.249. The van der Waals surface area contributed by atoms with Crippen LogP contribution in [0.2, 0.25) is 0 Å². The largest absolute Gasteiger partial charge is 0.331 e. The summed E-state index contributed by atoms with van der Waals surface area (Å²) in [7, 11) is -3.62. The molecule has 2 atom stereocenters. The van der Waals surface area contributed by atoms with Crippen molar-refractivity contribution in [2.45, 2.75) is 36.3 Å². The number of anilines is 1. The minimum Gasteiger partial charge on any atom is -0.331 e. The molecule has 33 heavy (non-hydrogen) atoms. The van der Waals surface area contributed by atoms with E-state index < -0.39 is 16.0 Å². The molecule has 0 radical (unpaired) electrons. The van der Waals surface area contributed by atoms with Gasteiger partial charge in [-0.1, -0.05) is 48.5 Å². The van der Waals surface area contributed by atoms with Gasteiger partial charge in [0.15, 0.2) is 9.84 Å². The molecule has 0 fully saturated rings. The Morgan fingerprint density at radius 3 is 2.55 bits per heavy atom. The number of carbonyl (C=O) groups is 1. The fourth-order valence-electron chi connectivity index (χ4n) is 3.87. The third kappa shape index (κ3) is 5.58. The van der Waals surface area contributed by atoms with Gasteiger partial charge in [-0.15, -0.1) is 0 Å². The summed E-state index contributed by atoms with van der Waals surface area (Å²) in [6.07, 6.45) is -1.14. The number of rotatable bonds is 6. The van der Waals surface area contributed by atoms with Crippen LogP contribution in [0.15, 0.2) is 77.7 Å². The molecule has 0 saturated carbocycles. The lowest BCUT2D eigenvalue weighted by atomic mass is 9.98. The number of halogens is 1. The van der Waals surface area contributed by atoms with Crippen LogP contribution in [0.25, 0.3) is 0 Å². The van der Waals surface area contributed by atoms with Gasteiger partial charge in [0.2, 0.25) is 0 Å². The molecule has 1 aliphatic heterocycles. The van der Waals surface area contributed by atoms with Crippen LogP contribution in [0, 0.1) is 0 Å². The fourth-order valence-corrected chi connectivity index (χ4v) is 5.20. The van der Waals surface area contributed by atoms with Crippen molar-refractivity contribution in [3.8, 4) is 0 Å². The first-order valence-electron chi connectivity index (χ1n) is 10.7. The summed E-state index contributed by atoms with van der Waals surface area (Å²) in [5.41, 5.74) is 3.41. The molecule has 6 nitrogen and oxygen atoms in total. The van der Waals surface area contributed by atoms with Crippen molar-refractivity contribution >= 4 is 21.6 Å². The van der Waals surface area contributed by atoms with E-state index in [1.165, 1.54) is 12.1 Å². The first-order chi connectivity index (χ1) is 15.8. The minimum atomic E-state index is -3.62. The van der Waals surface area contributed by atoms with Gasteiger partial charge < -0.3 is 16.0 Å². The average molecular weight is 468 g/mol. The highest BCUT2D eigenvalue weighted by molar-refractivity contribution is 7.90. The predicted octanol–water partition coefficient (Wildman–Crippen LogP) is 4.66. The number of carbonyl (C=O) groups excluding carboxylic acids is 1. The smallest absolute Gasteiger partial charge is 0.319 e. The van der Waals surface area contributed by atoms with Crippen LogP contribution in [-0.4, -0.2) is 21.0 Å². The summed E-state index contributed by atoms with van der Waals surface area (Å²) >= 11 is 0. The van der Waals surface area contributed by atoms with Gasteiger partial charge in [-0.05, 0) is 53.4 Å². The number of alkyl halides is 1. The molecule has 4 rings (SSSR count). The van der Waals surface area contributed by atoms with E-state index in [9.17, 15) is 17.6 Å². The van der Waals surface area contributed by atoms with Crippen molar-refractivity contribution in [3.05, 3.63) is 95.1 Å². The number of amides is 2. The van der Waals surface area contributed by atoms with Crippen molar-refractivity contribution in [1.29, 1.82) is 0 Å². The van der Waals surface area contributed by atoms with E-state index in [2.05, 4.69) is 16.0 Å². The quantitative estimate of drug-likeness (QED) is 0.492. The molecule has 1 aliphatic rings. The summed E-state index contributed by atoms with van der Waals surface area (Å²) in [5.74, 6) is -0.220. The predicted molar refractivity (Wildman–Crippen MR) is 126 cm³/mol. The number of hydrogen-bond acceptors (Lipinski definition) is 4. The zero-order valence-electron chi connectivity index (χ0n) is 18.2. The molecule has 3 N–H and O–H groups in total. The molecule has 0 bridgehead atoms. The maximum Gasteiger partial charge on any atom is 0.319 e. The van der Waals surface area contributed by atoms with E-state index in [4.69, 9.17) is 0 Å². The zero-order valence-corrected chi connectivity index (χ0v) is 19.0. The second-order valence-corrected chi connectivity index (χ2v) is 10.1. The molecular formula is C25H26FN3O3S. The Balaban J connectivity index is 1.40. The van der Waals surface area contributed by atoms with E-state index >= 15 is 0 Å². The Morgan fingerprint density at radius 2 is 1.82 bits per heavy atom. The van der Waals surface area contributed by atoms with Crippen LogP contribution in [-0.2, 0) is 22.1 Å². The molecule has 0 spiro atoms. The standard InChI is InChI=1S/C25H26FN3O3S/c1-17(19-5-3-2-4-6-19)28-25(30)29-21-9-11-22(12-10-21)33(31,32)16-18-7-8-20-14-27-15-24(26)23(20)13-18/h2-13,17,24,27H,14-16H2,1H3,(H2,28,29,30). The lowest BCUT2D eigenvalue weighted by Crippen LogP contribution is -2.31. The topological polar surface area (TPSA) is 87.3 Å². The maximum atomic E-state index is 14.2. The van der Waals surface area contributed by atoms with Crippen LogP contribution in [0.5, 0.6) is 0 Å². The van der Waals surface area contributed by atoms with Crippen LogP contribution in [0.4, 0.5) is 14.9 Å². The molecule has 3 aromatic rings. The Morgan fingerprint density at radius 1 is 1.09 bits per heavy atom. The van der Waals surface area contributed by atoms with Gasteiger partial charge in [-0.25, -0.2) is 17.6 Å². The normalized spacial score (nSPS) is 16.5. The van der Waals surface area contributed by atoms with Crippen molar-refractivity contribution in [1.82, 2.24) is 10.6 Å². The van der Waals surface area contributed by atoms with Crippen molar-refractivity contribution < 1.29 is 17.6 Å². The number of fused-ring (bicyclic) bond motifs is 1. The number of hydrogen-bond donors (Lipinski definition) is 3. The molecule has 0 aliphatic carbocycles. The molecular weight excluding hydrogens is 441 g/mol. The molecule has 3 aromatic carbocycles. The molecule has 2 unspecified atom stereocenters. The number of benzene rings is 3. The Kier molecular flexibility index (Phi) is 6.76. The highest BCUT2D eigenvalue weighted by Crippen LogP contribution is 2.28. The van der Waals surface area contributed by atoms with Gasteiger partial charge in [0.1, 0.15) is 6.17 Å². The molecule has 0 saturated heterocycles. The molecule has 1 heterocycles. The van der Waals surface area contributed by atoms with Gasteiger partial charge in [0.05, 0.1) is 16.7 Å². The van der Waals surface area contributed by atoms with Crippen molar-refractivity contribution in [2.24, 2.45) is 0 Å². The van der Waals surface area contributed by atoms with Gasteiger partial charge >= 0.3 is 6.03 Å². The van der Waals surface area contributed by atoms with Gasteiger partial charge in [-0.3, -0.25) is 0 Å². The number of urea groups is 1. The Bertz CT molecular complexity index is 1230. The summed E-state index contributed by atoms with van der Waals surface area (Å²) in [4.78, 5) is 12.4. The minimum absolute atomic E-state index is 0.141. The molecule has 0 aromatic heterocycles. The highest BCUT2D eigenvalue weighted by Gasteiger charge is 2.22. The molecule has 2 amide bonds. The van der Waals surface area contributed by atoms with Gasteiger partial charge in [-0.2, -0.15) is 0 Å². The average Bonchev–Trinajstić information content (AvgIpc) is 2.80. The van der Waals surface area contributed by atoms with E-state index in [0.717, 1.165) is 11.1 Å². The summed E-state index contributed by atoms with van der Waals surface area (Å²) < 4.78 is 39.9. The second kappa shape index (κ2) is 9.72. The van der Waals surface area contributed by atoms with Crippen LogP contribution < -0.4 is 16.0 Å². The third-order valence-corrected chi connectivity index (χ3v) is 7.37. The Labute approximate surface area is 193 Å². The highest BCUT2D eigenvalue weighted by atomic mass is 32.2. The van der Waals surface area contributed by atoms with E-state index in [1.807, 2.05) is 37.3 Å². The van der Waals surface area contributed by atoms with Crippen molar-refractivity contribution in [2.75, 3.05) is 11.9 Å². The second-order valence-electron chi connectivity index (χ2n) is 8.15. The lowest BCUT2D eigenvalue weighted by Gasteiger charge is -2.21. The van der Waals surface area contributed by atoms with E-state index in [1.54, 1.807) is 30.3 Å². The summed E-state index contributed by atoms with van der Waals surface area (Å²) in [5, 5.41) is 8.56. The van der Waals surface area contributed by atoms with Crippen LogP contribution in [0.1, 0.15) is 41.4 Å². The number of sulfone groups is 1. The summed E-state index contributed by atoms with van der Waals surface area (Å²) in [6, 6.07) is 20.2. The zero-order chi connectivity index (χ0) is 23.4. The first-order valence-corrected chi connectivity index (χ1v) is 12.4. The Hall–Kier alpha value is -3.23. The molecule has 8 heteroatoms. The first kappa shape index (κ1) is 22.9. The SMILES string of the molecule is CC(NC(=O)Nc1ccc(S(=O)(=O)Cc2ccc3c(c2)C(F)CNC3)cc1)c1ccccc1. The maximum absolute atomic E-state index is 14.2. The van der Waals surface area contributed by atoms with Crippen molar-refractivity contribution in [3.63, 3.8) is 0 Å². The summed E-state index contributed by atoms with van der Waals surface area (Å²) in [6.45, 7) is 2.69. The third-order valence-electron chi connectivity index (χ3n) is 5.66.